The molecule has 3 rings (SSSR count). The van der Waals surface area contributed by atoms with Crippen molar-refractivity contribution in [1.29, 1.82) is 0 Å². The minimum atomic E-state index is -4.13. The van der Waals surface area contributed by atoms with E-state index in [1.165, 1.54) is 38.6 Å². The van der Waals surface area contributed by atoms with Crippen molar-refractivity contribution < 1.29 is 27.4 Å². The zero-order chi connectivity index (χ0) is 26.0. The quantitative estimate of drug-likeness (QED) is 0.227. The molecule has 0 saturated carbocycles. The lowest BCUT2D eigenvalue weighted by Gasteiger charge is -2.25. The lowest BCUT2D eigenvalue weighted by Crippen LogP contribution is -2.39. The molecule has 1 amide bonds. The van der Waals surface area contributed by atoms with Gasteiger partial charge in [-0.15, -0.1) is 0 Å². The smallest absolute Gasteiger partial charge is 0.264 e. The SMILES string of the molecule is C=CCOc1ccc(/C=N\NC(=O)CN(c2cc(OC)ccc2OC)S(=O)(=O)c2ccccc2)cc1. The first-order valence-electron chi connectivity index (χ1n) is 10.8. The number of nitrogens with one attached hydrogen (secondary N) is 1. The molecule has 0 saturated heterocycles. The third-order valence-electron chi connectivity index (χ3n) is 4.92. The highest BCUT2D eigenvalue weighted by Gasteiger charge is 2.29. The Labute approximate surface area is 210 Å². The number of carbonyl (C=O) groups excluding carboxylic acids is 1. The Morgan fingerprint density at radius 3 is 2.33 bits per heavy atom. The molecule has 1 N–H and O–H groups in total. The number of benzene rings is 3. The van der Waals surface area contributed by atoms with Crippen LogP contribution in [0.3, 0.4) is 0 Å². The van der Waals surface area contributed by atoms with Gasteiger partial charge in [0.25, 0.3) is 15.9 Å². The fraction of sp³-hybridized carbons (Fsp3) is 0.154. The molecule has 188 valence electrons. The normalized spacial score (nSPS) is 11.1. The molecule has 0 heterocycles. The van der Waals surface area contributed by atoms with Crippen LogP contribution in [0.2, 0.25) is 0 Å². The first kappa shape index (κ1) is 26.3. The summed E-state index contributed by atoms with van der Waals surface area (Å²) in [4.78, 5) is 12.8. The van der Waals surface area contributed by atoms with Gasteiger partial charge in [-0.25, -0.2) is 13.8 Å². The van der Waals surface area contributed by atoms with Gasteiger partial charge in [0.2, 0.25) is 0 Å². The molecule has 0 fully saturated rings. The van der Waals surface area contributed by atoms with E-state index in [1.54, 1.807) is 60.7 Å². The highest BCUT2D eigenvalue weighted by atomic mass is 32.2. The number of sulfonamides is 1. The van der Waals surface area contributed by atoms with Gasteiger partial charge in [0, 0.05) is 6.07 Å². The fourth-order valence-corrected chi connectivity index (χ4v) is 4.61. The van der Waals surface area contributed by atoms with E-state index in [0.717, 1.165) is 4.31 Å². The number of carbonyl (C=O) groups is 1. The van der Waals surface area contributed by atoms with Crippen molar-refractivity contribution in [1.82, 2.24) is 5.43 Å². The predicted molar refractivity (Wildman–Crippen MR) is 138 cm³/mol. The highest BCUT2D eigenvalue weighted by Crippen LogP contribution is 2.35. The molecule has 0 spiro atoms. The van der Waals surface area contributed by atoms with Gasteiger partial charge in [-0.2, -0.15) is 5.10 Å². The first-order chi connectivity index (χ1) is 17.4. The summed E-state index contributed by atoms with van der Waals surface area (Å²) in [6.07, 6.45) is 3.09. The number of nitrogens with zero attached hydrogens (tertiary/aromatic N) is 2. The Hall–Kier alpha value is -4.31. The van der Waals surface area contributed by atoms with E-state index in [1.807, 2.05) is 0 Å². The molecule has 0 aliphatic heterocycles. The van der Waals surface area contributed by atoms with Crippen molar-refractivity contribution in [3.8, 4) is 17.2 Å². The fourth-order valence-electron chi connectivity index (χ4n) is 3.16. The molecule has 0 aliphatic rings. The number of anilines is 1. The Kier molecular flexibility index (Phi) is 9.07. The number of hydrogen-bond donors (Lipinski definition) is 1. The number of ether oxygens (including phenoxy) is 3. The standard InChI is InChI=1S/C26H27N3O6S/c1-4-16-35-21-12-10-20(11-13-21)18-27-28-26(30)19-29(36(31,32)23-8-6-5-7-9-23)24-17-22(33-2)14-15-25(24)34-3/h4-15,17-18H,1,16,19H2,2-3H3,(H,28,30)/b27-18-. The first-order valence-corrected chi connectivity index (χ1v) is 12.3. The van der Waals surface area contributed by atoms with Crippen molar-refractivity contribution >= 4 is 27.8 Å². The number of hydrazone groups is 1. The molecule has 0 aromatic heterocycles. The van der Waals surface area contributed by atoms with Crippen molar-refractivity contribution in [2.45, 2.75) is 4.90 Å². The topological polar surface area (TPSA) is 107 Å². The highest BCUT2D eigenvalue weighted by molar-refractivity contribution is 7.92. The summed E-state index contributed by atoms with van der Waals surface area (Å²) in [6.45, 7) is 3.44. The van der Waals surface area contributed by atoms with Crippen LogP contribution in [0, 0.1) is 0 Å². The maximum absolute atomic E-state index is 13.5. The molecule has 9 nitrogen and oxygen atoms in total. The molecular weight excluding hydrogens is 482 g/mol. The zero-order valence-corrected chi connectivity index (χ0v) is 20.8. The summed E-state index contributed by atoms with van der Waals surface area (Å²) in [6, 6.07) is 19.6. The Bertz CT molecular complexity index is 1310. The monoisotopic (exact) mass is 509 g/mol. The Morgan fingerprint density at radius 2 is 1.69 bits per heavy atom. The molecule has 0 bridgehead atoms. The largest absolute Gasteiger partial charge is 0.497 e. The van der Waals surface area contributed by atoms with Crippen LogP contribution in [0.5, 0.6) is 17.2 Å². The van der Waals surface area contributed by atoms with Crippen molar-refractivity contribution in [2.24, 2.45) is 5.10 Å². The van der Waals surface area contributed by atoms with Crippen LogP contribution >= 0.6 is 0 Å². The van der Waals surface area contributed by atoms with Gasteiger partial charge in [0.05, 0.1) is 31.0 Å². The van der Waals surface area contributed by atoms with E-state index in [0.29, 0.717) is 23.7 Å². The van der Waals surface area contributed by atoms with Gasteiger partial charge in [-0.3, -0.25) is 9.10 Å². The predicted octanol–water partition coefficient (Wildman–Crippen LogP) is 3.61. The van der Waals surface area contributed by atoms with E-state index < -0.39 is 22.5 Å². The van der Waals surface area contributed by atoms with Crippen LogP contribution in [-0.2, 0) is 14.8 Å². The van der Waals surface area contributed by atoms with Crippen LogP contribution in [0.25, 0.3) is 0 Å². The second-order valence-corrected chi connectivity index (χ2v) is 9.19. The summed E-state index contributed by atoms with van der Waals surface area (Å²) >= 11 is 0. The molecule has 3 aromatic carbocycles. The maximum Gasteiger partial charge on any atom is 0.264 e. The molecular formula is C26H27N3O6S. The van der Waals surface area contributed by atoms with Gasteiger partial charge in [0.1, 0.15) is 30.4 Å². The molecule has 3 aromatic rings. The van der Waals surface area contributed by atoms with Crippen LogP contribution in [0.1, 0.15) is 5.56 Å². The molecule has 0 atom stereocenters. The summed E-state index contributed by atoms with van der Waals surface area (Å²) in [7, 11) is -1.26. The van der Waals surface area contributed by atoms with Gasteiger partial charge in [-0.05, 0) is 54.1 Å². The van der Waals surface area contributed by atoms with Crippen LogP contribution in [0.15, 0.2) is 95.4 Å². The average molecular weight is 510 g/mol. The zero-order valence-electron chi connectivity index (χ0n) is 20.0. The van der Waals surface area contributed by atoms with Crippen LogP contribution in [0.4, 0.5) is 5.69 Å². The third-order valence-corrected chi connectivity index (χ3v) is 6.70. The number of rotatable bonds is 12. The Balaban J connectivity index is 1.84. The van der Waals surface area contributed by atoms with Crippen LogP contribution < -0.4 is 23.9 Å². The van der Waals surface area contributed by atoms with Gasteiger partial charge in [0.15, 0.2) is 0 Å². The second kappa shape index (κ2) is 12.4. The van der Waals surface area contributed by atoms with Crippen LogP contribution in [-0.4, -0.2) is 47.9 Å². The minimum Gasteiger partial charge on any atom is -0.497 e. The lowest BCUT2D eigenvalue weighted by atomic mass is 10.2. The van der Waals surface area contributed by atoms with Gasteiger partial charge >= 0.3 is 0 Å². The van der Waals surface area contributed by atoms with Gasteiger partial charge < -0.3 is 14.2 Å². The van der Waals surface area contributed by atoms with Crippen molar-refractivity contribution in [3.05, 3.63) is 91.0 Å². The summed E-state index contributed by atoms with van der Waals surface area (Å²) in [5, 5.41) is 3.95. The minimum absolute atomic E-state index is 0.0185. The Morgan fingerprint density at radius 1 is 1.00 bits per heavy atom. The maximum atomic E-state index is 13.5. The van der Waals surface area contributed by atoms with E-state index in [4.69, 9.17) is 14.2 Å². The van der Waals surface area contributed by atoms with E-state index in [9.17, 15) is 13.2 Å². The lowest BCUT2D eigenvalue weighted by molar-refractivity contribution is -0.119. The molecule has 36 heavy (non-hydrogen) atoms. The summed E-state index contributed by atoms with van der Waals surface area (Å²) in [5.74, 6) is 0.676. The second-order valence-electron chi connectivity index (χ2n) is 7.32. The number of amides is 1. The van der Waals surface area contributed by atoms with E-state index in [-0.39, 0.29) is 16.3 Å². The molecule has 10 heteroatoms. The average Bonchev–Trinajstić information content (AvgIpc) is 2.91. The third kappa shape index (κ3) is 6.63. The molecule has 0 unspecified atom stereocenters. The molecule has 0 aliphatic carbocycles. The van der Waals surface area contributed by atoms with Gasteiger partial charge in [-0.1, -0.05) is 30.9 Å². The summed E-state index contributed by atoms with van der Waals surface area (Å²) in [5.41, 5.74) is 3.24. The number of methoxy groups -OCH3 is 2. The van der Waals surface area contributed by atoms with Crippen molar-refractivity contribution in [3.63, 3.8) is 0 Å². The van der Waals surface area contributed by atoms with E-state index in [2.05, 4.69) is 17.1 Å². The number of hydrogen-bond acceptors (Lipinski definition) is 7. The molecule has 0 radical (unpaired) electrons. The van der Waals surface area contributed by atoms with Crippen molar-refractivity contribution in [2.75, 3.05) is 31.7 Å². The summed E-state index contributed by atoms with van der Waals surface area (Å²) < 4.78 is 44.1. The van der Waals surface area contributed by atoms with E-state index >= 15 is 0 Å².